The first-order valence-corrected chi connectivity index (χ1v) is 7.83. The summed E-state index contributed by atoms with van der Waals surface area (Å²) in [6.07, 6.45) is 7.45. The molecular weight excluding hydrogens is 234 g/mol. The Bertz CT molecular complexity index is 386. The van der Waals surface area contributed by atoms with E-state index in [1.807, 2.05) is 18.2 Å². The Balaban J connectivity index is 1.76. The molecule has 0 bridgehead atoms. The molecule has 0 unspecified atom stereocenters. The molecule has 104 valence electrons. The van der Waals surface area contributed by atoms with Gasteiger partial charge in [-0.2, -0.15) is 0 Å². The van der Waals surface area contributed by atoms with Crippen LogP contribution < -0.4 is 0 Å². The van der Waals surface area contributed by atoms with E-state index in [9.17, 15) is 5.11 Å². The maximum absolute atomic E-state index is 10.7. The van der Waals surface area contributed by atoms with Gasteiger partial charge in [0.05, 0.1) is 6.10 Å². The second-order valence-electron chi connectivity index (χ2n) is 6.11. The SMILES string of the molecule is O[C@H](c1ccccc1)[C@@H]1CCCC[C@H]1N1CCCC1. The number of rotatable bonds is 3. The summed E-state index contributed by atoms with van der Waals surface area (Å²) in [6, 6.07) is 10.8. The lowest BCUT2D eigenvalue weighted by atomic mass is 9.78. The van der Waals surface area contributed by atoms with Crippen LogP contribution in [-0.4, -0.2) is 29.1 Å². The van der Waals surface area contributed by atoms with Gasteiger partial charge in [-0.15, -0.1) is 0 Å². The molecule has 19 heavy (non-hydrogen) atoms. The molecule has 2 heteroatoms. The fourth-order valence-corrected chi connectivity index (χ4v) is 3.93. The van der Waals surface area contributed by atoms with E-state index in [2.05, 4.69) is 17.0 Å². The molecule has 1 N–H and O–H groups in total. The van der Waals surface area contributed by atoms with Crippen LogP contribution in [0, 0.1) is 5.92 Å². The maximum Gasteiger partial charge on any atom is 0.0833 e. The van der Waals surface area contributed by atoms with Crippen LogP contribution in [0.2, 0.25) is 0 Å². The van der Waals surface area contributed by atoms with E-state index in [0.717, 1.165) is 5.56 Å². The minimum absolute atomic E-state index is 0.285. The van der Waals surface area contributed by atoms with Crippen LogP contribution >= 0.6 is 0 Å². The predicted octanol–water partition coefficient (Wildman–Crippen LogP) is 3.37. The number of nitrogens with zero attached hydrogens (tertiary/aromatic N) is 1. The Kier molecular flexibility index (Phi) is 4.19. The van der Waals surface area contributed by atoms with Gasteiger partial charge in [0, 0.05) is 12.0 Å². The molecular formula is C17H25NO. The van der Waals surface area contributed by atoms with Gasteiger partial charge in [0.25, 0.3) is 0 Å². The average Bonchev–Trinajstić information content (AvgIpc) is 3.01. The summed E-state index contributed by atoms with van der Waals surface area (Å²) >= 11 is 0. The third-order valence-electron chi connectivity index (χ3n) is 4.94. The van der Waals surface area contributed by atoms with E-state index in [4.69, 9.17) is 0 Å². The Hall–Kier alpha value is -0.860. The highest BCUT2D eigenvalue weighted by atomic mass is 16.3. The molecule has 0 amide bonds. The van der Waals surface area contributed by atoms with Gasteiger partial charge in [-0.3, -0.25) is 0 Å². The minimum Gasteiger partial charge on any atom is -0.388 e. The van der Waals surface area contributed by atoms with E-state index in [1.54, 1.807) is 0 Å². The first-order valence-electron chi connectivity index (χ1n) is 7.83. The van der Waals surface area contributed by atoms with E-state index < -0.39 is 0 Å². The minimum atomic E-state index is -0.285. The van der Waals surface area contributed by atoms with Crippen molar-refractivity contribution in [3.05, 3.63) is 35.9 Å². The third-order valence-corrected chi connectivity index (χ3v) is 4.94. The van der Waals surface area contributed by atoms with E-state index >= 15 is 0 Å². The standard InChI is InChI=1S/C17H25NO/c19-17(14-8-2-1-3-9-14)15-10-4-5-11-16(15)18-12-6-7-13-18/h1-3,8-9,15-17,19H,4-7,10-13H2/t15-,16-,17-/m1/s1. The van der Waals surface area contributed by atoms with Gasteiger partial charge in [-0.1, -0.05) is 43.2 Å². The summed E-state index contributed by atoms with van der Waals surface area (Å²) in [5, 5.41) is 10.7. The molecule has 2 nitrogen and oxygen atoms in total. The van der Waals surface area contributed by atoms with Gasteiger partial charge in [-0.25, -0.2) is 0 Å². The molecule has 0 radical (unpaired) electrons. The Morgan fingerprint density at radius 1 is 0.947 bits per heavy atom. The van der Waals surface area contributed by atoms with Gasteiger partial charge < -0.3 is 10.0 Å². The van der Waals surface area contributed by atoms with Crippen LogP contribution in [0.5, 0.6) is 0 Å². The molecule has 3 rings (SSSR count). The van der Waals surface area contributed by atoms with E-state index in [1.165, 1.54) is 51.6 Å². The number of aliphatic hydroxyl groups is 1. The first-order chi connectivity index (χ1) is 9.36. The van der Waals surface area contributed by atoms with Crippen molar-refractivity contribution in [3.8, 4) is 0 Å². The van der Waals surface area contributed by atoms with Crippen LogP contribution in [0.15, 0.2) is 30.3 Å². The number of hydrogen-bond acceptors (Lipinski definition) is 2. The number of hydrogen-bond donors (Lipinski definition) is 1. The Morgan fingerprint density at radius 3 is 2.37 bits per heavy atom. The Labute approximate surface area is 116 Å². The monoisotopic (exact) mass is 259 g/mol. The van der Waals surface area contributed by atoms with Crippen molar-refractivity contribution in [1.29, 1.82) is 0 Å². The van der Waals surface area contributed by atoms with Gasteiger partial charge in [0.15, 0.2) is 0 Å². The van der Waals surface area contributed by atoms with Crippen molar-refractivity contribution in [2.24, 2.45) is 5.92 Å². The zero-order valence-corrected chi connectivity index (χ0v) is 11.7. The van der Waals surface area contributed by atoms with Crippen molar-refractivity contribution in [2.45, 2.75) is 50.7 Å². The van der Waals surface area contributed by atoms with Gasteiger partial charge in [0.2, 0.25) is 0 Å². The van der Waals surface area contributed by atoms with Crippen molar-refractivity contribution in [3.63, 3.8) is 0 Å². The second kappa shape index (κ2) is 6.06. The van der Waals surface area contributed by atoms with Crippen LogP contribution in [-0.2, 0) is 0 Å². The first kappa shape index (κ1) is 13.1. The third kappa shape index (κ3) is 2.85. The lowest BCUT2D eigenvalue weighted by Gasteiger charge is -2.40. The molecule has 0 aromatic heterocycles. The smallest absolute Gasteiger partial charge is 0.0833 e. The number of likely N-dealkylation sites (tertiary alicyclic amines) is 1. The largest absolute Gasteiger partial charge is 0.388 e. The van der Waals surface area contributed by atoms with Crippen molar-refractivity contribution < 1.29 is 5.11 Å². The summed E-state index contributed by atoms with van der Waals surface area (Å²) in [5.74, 6) is 0.425. The lowest BCUT2D eigenvalue weighted by molar-refractivity contribution is 0.0195. The lowest BCUT2D eigenvalue weighted by Crippen LogP contribution is -2.43. The van der Waals surface area contributed by atoms with Gasteiger partial charge in [0.1, 0.15) is 0 Å². The topological polar surface area (TPSA) is 23.5 Å². The molecule has 2 aliphatic rings. The summed E-state index contributed by atoms with van der Waals surface area (Å²) < 4.78 is 0. The second-order valence-corrected chi connectivity index (χ2v) is 6.11. The Morgan fingerprint density at radius 2 is 1.63 bits per heavy atom. The van der Waals surface area contributed by atoms with Crippen molar-refractivity contribution in [1.82, 2.24) is 4.90 Å². The normalized spacial score (nSPS) is 30.4. The molecule has 1 aliphatic carbocycles. The molecule has 2 fully saturated rings. The molecule has 1 saturated heterocycles. The van der Waals surface area contributed by atoms with E-state index in [0.29, 0.717) is 12.0 Å². The fraction of sp³-hybridized carbons (Fsp3) is 0.647. The molecule has 1 aromatic carbocycles. The average molecular weight is 259 g/mol. The summed E-state index contributed by atoms with van der Waals surface area (Å²) in [4.78, 5) is 2.63. The maximum atomic E-state index is 10.7. The number of aliphatic hydroxyl groups excluding tert-OH is 1. The molecule has 1 saturated carbocycles. The summed E-state index contributed by atoms with van der Waals surface area (Å²) in [6.45, 7) is 2.48. The zero-order chi connectivity index (χ0) is 13.1. The quantitative estimate of drug-likeness (QED) is 0.899. The molecule has 1 heterocycles. The highest BCUT2D eigenvalue weighted by molar-refractivity contribution is 5.18. The highest BCUT2D eigenvalue weighted by Gasteiger charge is 2.35. The van der Waals surface area contributed by atoms with Crippen LogP contribution in [0.25, 0.3) is 0 Å². The summed E-state index contributed by atoms with van der Waals surface area (Å²) in [7, 11) is 0. The fourth-order valence-electron chi connectivity index (χ4n) is 3.93. The number of benzene rings is 1. The predicted molar refractivity (Wildman–Crippen MR) is 78.0 cm³/mol. The van der Waals surface area contributed by atoms with Gasteiger partial charge in [-0.05, 0) is 44.3 Å². The molecule has 0 spiro atoms. The van der Waals surface area contributed by atoms with Crippen LogP contribution in [0.4, 0.5) is 0 Å². The molecule has 1 aromatic rings. The van der Waals surface area contributed by atoms with E-state index in [-0.39, 0.29) is 6.10 Å². The molecule has 1 aliphatic heterocycles. The summed E-state index contributed by atoms with van der Waals surface area (Å²) in [5.41, 5.74) is 1.10. The molecule has 3 atom stereocenters. The van der Waals surface area contributed by atoms with Crippen molar-refractivity contribution >= 4 is 0 Å². The van der Waals surface area contributed by atoms with Crippen molar-refractivity contribution in [2.75, 3.05) is 13.1 Å². The highest BCUT2D eigenvalue weighted by Crippen LogP contribution is 2.38. The van der Waals surface area contributed by atoms with Crippen LogP contribution in [0.3, 0.4) is 0 Å². The van der Waals surface area contributed by atoms with Gasteiger partial charge >= 0.3 is 0 Å². The zero-order valence-electron chi connectivity index (χ0n) is 11.7. The van der Waals surface area contributed by atoms with Crippen LogP contribution in [0.1, 0.15) is 50.2 Å².